The summed E-state index contributed by atoms with van der Waals surface area (Å²) in [6, 6.07) is 9.29. The van der Waals surface area contributed by atoms with E-state index in [4.69, 9.17) is 0 Å². The fraction of sp³-hybridized carbons (Fsp3) is 0.571. The summed E-state index contributed by atoms with van der Waals surface area (Å²) in [4.78, 5) is 38.2. The smallest absolute Gasteiger partial charge is 0.315 e. The summed E-state index contributed by atoms with van der Waals surface area (Å²) in [5, 5.41) is 8.26. The first kappa shape index (κ1) is 21.7. The fourth-order valence-electron chi connectivity index (χ4n) is 3.40. The number of urea groups is 1. The highest BCUT2D eigenvalue weighted by Crippen LogP contribution is 2.17. The summed E-state index contributed by atoms with van der Waals surface area (Å²) >= 11 is 0. The highest BCUT2D eigenvalue weighted by atomic mass is 16.2. The van der Waals surface area contributed by atoms with Crippen LogP contribution in [0.1, 0.15) is 45.1 Å². The molecule has 1 aromatic carbocycles. The molecule has 0 radical (unpaired) electrons. The molecule has 28 heavy (non-hydrogen) atoms. The highest BCUT2D eigenvalue weighted by Gasteiger charge is 2.27. The molecule has 7 nitrogen and oxygen atoms in total. The summed E-state index contributed by atoms with van der Waals surface area (Å²) in [6.45, 7) is 5.79. The van der Waals surface area contributed by atoms with Crippen molar-refractivity contribution in [2.45, 2.75) is 52.1 Å². The average molecular weight is 389 g/mol. The van der Waals surface area contributed by atoms with E-state index in [2.05, 4.69) is 16.0 Å². The van der Waals surface area contributed by atoms with E-state index in [-0.39, 0.29) is 36.3 Å². The largest absolute Gasteiger partial charge is 0.350 e. The summed E-state index contributed by atoms with van der Waals surface area (Å²) < 4.78 is 0. The predicted octanol–water partition coefficient (Wildman–Crippen LogP) is 2.03. The molecule has 0 spiro atoms. The number of piperidine rings is 1. The Kier molecular flexibility index (Phi) is 8.78. The van der Waals surface area contributed by atoms with Crippen molar-refractivity contribution in [3.8, 4) is 0 Å². The van der Waals surface area contributed by atoms with Crippen molar-refractivity contribution >= 4 is 17.8 Å². The SMILES string of the molecule is CCC(CC)C(=O)N1CCC(NC(=O)NCC(=O)NCc2ccccc2)CC1. The van der Waals surface area contributed by atoms with Gasteiger partial charge in [0, 0.05) is 31.6 Å². The first-order valence-corrected chi connectivity index (χ1v) is 10.2. The van der Waals surface area contributed by atoms with Gasteiger partial charge in [0.05, 0.1) is 6.54 Å². The van der Waals surface area contributed by atoms with Gasteiger partial charge >= 0.3 is 6.03 Å². The second kappa shape index (κ2) is 11.3. The van der Waals surface area contributed by atoms with Crippen LogP contribution < -0.4 is 16.0 Å². The van der Waals surface area contributed by atoms with Gasteiger partial charge in [0.2, 0.25) is 11.8 Å². The maximum absolute atomic E-state index is 12.4. The normalized spacial score (nSPS) is 14.6. The van der Waals surface area contributed by atoms with Crippen molar-refractivity contribution < 1.29 is 14.4 Å². The van der Waals surface area contributed by atoms with Gasteiger partial charge in [-0.05, 0) is 31.2 Å². The van der Waals surface area contributed by atoms with Gasteiger partial charge in [-0.25, -0.2) is 4.79 Å². The Hall–Kier alpha value is -2.57. The minimum Gasteiger partial charge on any atom is -0.350 e. The molecule has 154 valence electrons. The molecule has 0 unspecified atom stereocenters. The molecule has 0 saturated carbocycles. The van der Waals surface area contributed by atoms with Crippen molar-refractivity contribution in [2.24, 2.45) is 5.92 Å². The van der Waals surface area contributed by atoms with E-state index < -0.39 is 0 Å². The summed E-state index contributed by atoms with van der Waals surface area (Å²) in [7, 11) is 0. The lowest BCUT2D eigenvalue weighted by molar-refractivity contribution is -0.136. The van der Waals surface area contributed by atoms with E-state index in [1.807, 2.05) is 49.1 Å². The highest BCUT2D eigenvalue weighted by molar-refractivity contribution is 5.84. The molecular weight excluding hydrogens is 356 g/mol. The molecule has 1 heterocycles. The summed E-state index contributed by atoms with van der Waals surface area (Å²) in [5.41, 5.74) is 1.01. The molecule has 1 aromatic rings. The first-order chi connectivity index (χ1) is 13.5. The van der Waals surface area contributed by atoms with Crippen LogP contribution >= 0.6 is 0 Å². The quantitative estimate of drug-likeness (QED) is 0.636. The van der Waals surface area contributed by atoms with Crippen LogP contribution in [0.5, 0.6) is 0 Å². The van der Waals surface area contributed by atoms with Gasteiger partial charge in [-0.15, -0.1) is 0 Å². The molecule has 4 amide bonds. The number of amides is 4. The lowest BCUT2D eigenvalue weighted by Crippen LogP contribution is -2.51. The Bertz CT molecular complexity index is 638. The summed E-state index contributed by atoms with van der Waals surface area (Å²) in [5.74, 6) is 0.0924. The van der Waals surface area contributed by atoms with Gasteiger partial charge in [0.1, 0.15) is 0 Å². The van der Waals surface area contributed by atoms with Crippen molar-refractivity contribution in [1.82, 2.24) is 20.9 Å². The fourth-order valence-corrected chi connectivity index (χ4v) is 3.40. The van der Waals surface area contributed by atoms with Crippen molar-refractivity contribution in [1.29, 1.82) is 0 Å². The number of nitrogens with one attached hydrogen (secondary N) is 3. The number of hydrogen-bond donors (Lipinski definition) is 3. The average Bonchev–Trinajstić information content (AvgIpc) is 2.73. The topological polar surface area (TPSA) is 90.5 Å². The van der Waals surface area contributed by atoms with Gasteiger partial charge in [-0.2, -0.15) is 0 Å². The van der Waals surface area contributed by atoms with E-state index in [1.165, 1.54) is 0 Å². The molecule has 1 fully saturated rings. The molecule has 0 aliphatic carbocycles. The van der Waals surface area contributed by atoms with Gasteiger partial charge in [-0.1, -0.05) is 44.2 Å². The van der Waals surface area contributed by atoms with Gasteiger partial charge < -0.3 is 20.9 Å². The zero-order valence-electron chi connectivity index (χ0n) is 16.9. The zero-order valence-corrected chi connectivity index (χ0v) is 16.9. The van der Waals surface area contributed by atoms with Gasteiger partial charge in [-0.3, -0.25) is 9.59 Å². The van der Waals surface area contributed by atoms with E-state index in [9.17, 15) is 14.4 Å². The van der Waals surface area contributed by atoms with Crippen molar-refractivity contribution in [2.75, 3.05) is 19.6 Å². The third kappa shape index (κ3) is 6.87. The molecular formula is C21H32N4O3. The molecule has 7 heteroatoms. The number of nitrogens with zero attached hydrogens (tertiary/aromatic N) is 1. The Labute approximate surface area is 167 Å². The van der Waals surface area contributed by atoms with Crippen LogP contribution in [-0.4, -0.2) is 48.4 Å². The van der Waals surface area contributed by atoms with Crippen LogP contribution in [0.15, 0.2) is 30.3 Å². The molecule has 0 aromatic heterocycles. The summed E-state index contributed by atoms with van der Waals surface area (Å²) in [6.07, 6.45) is 3.20. The second-order valence-electron chi connectivity index (χ2n) is 7.20. The van der Waals surface area contributed by atoms with Gasteiger partial charge in [0.25, 0.3) is 0 Å². The second-order valence-corrected chi connectivity index (χ2v) is 7.20. The van der Waals surface area contributed by atoms with E-state index in [1.54, 1.807) is 0 Å². The maximum Gasteiger partial charge on any atom is 0.315 e. The minimum absolute atomic E-state index is 0.0260. The van der Waals surface area contributed by atoms with E-state index in [0.717, 1.165) is 31.2 Å². The Morgan fingerprint density at radius 1 is 1.04 bits per heavy atom. The van der Waals surface area contributed by atoms with Crippen molar-refractivity contribution in [3.05, 3.63) is 35.9 Å². The third-order valence-electron chi connectivity index (χ3n) is 5.22. The Morgan fingerprint density at radius 2 is 1.68 bits per heavy atom. The lowest BCUT2D eigenvalue weighted by Gasteiger charge is -2.34. The van der Waals surface area contributed by atoms with Crippen molar-refractivity contribution in [3.63, 3.8) is 0 Å². The van der Waals surface area contributed by atoms with E-state index >= 15 is 0 Å². The molecule has 0 bridgehead atoms. The molecule has 1 saturated heterocycles. The third-order valence-corrected chi connectivity index (χ3v) is 5.22. The number of rotatable bonds is 8. The van der Waals surface area contributed by atoms with Crippen LogP contribution in [0, 0.1) is 5.92 Å². The number of benzene rings is 1. The molecule has 1 aliphatic heterocycles. The van der Waals surface area contributed by atoms with Crippen LogP contribution in [0.3, 0.4) is 0 Å². The zero-order chi connectivity index (χ0) is 20.4. The van der Waals surface area contributed by atoms with Crippen LogP contribution in [0.4, 0.5) is 4.79 Å². The molecule has 3 N–H and O–H groups in total. The predicted molar refractivity (Wildman–Crippen MR) is 108 cm³/mol. The van der Waals surface area contributed by atoms with E-state index in [0.29, 0.717) is 19.6 Å². The molecule has 1 aliphatic rings. The molecule has 0 atom stereocenters. The Balaban J connectivity index is 1.63. The standard InChI is InChI=1S/C21H32N4O3/c1-3-17(4-2)20(27)25-12-10-18(11-13-25)24-21(28)23-15-19(26)22-14-16-8-6-5-7-9-16/h5-9,17-18H,3-4,10-15H2,1-2H3,(H,22,26)(H2,23,24,28). The maximum atomic E-state index is 12.4. The number of likely N-dealkylation sites (tertiary alicyclic amines) is 1. The van der Waals surface area contributed by atoms with Crippen LogP contribution in [-0.2, 0) is 16.1 Å². The van der Waals surface area contributed by atoms with Crippen LogP contribution in [0.2, 0.25) is 0 Å². The Morgan fingerprint density at radius 3 is 2.29 bits per heavy atom. The molecule has 2 rings (SSSR count). The number of hydrogen-bond acceptors (Lipinski definition) is 3. The van der Waals surface area contributed by atoms with Gasteiger partial charge in [0.15, 0.2) is 0 Å². The first-order valence-electron chi connectivity index (χ1n) is 10.2. The van der Waals surface area contributed by atoms with Crippen LogP contribution in [0.25, 0.3) is 0 Å². The number of carbonyl (C=O) groups is 3. The lowest BCUT2D eigenvalue weighted by atomic mass is 9.98. The number of carbonyl (C=O) groups excluding carboxylic acids is 3. The monoisotopic (exact) mass is 388 g/mol. The minimum atomic E-state index is -0.348.